The highest BCUT2D eigenvalue weighted by atomic mass is 127. The van der Waals surface area contributed by atoms with Crippen LogP contribution < -0.4 is 20.1 Å². The van der Waals surface area contributed by atoms with Crippen molar-refractivity contribution in [2.24, 2.45) is 4.99 Å². The first kappa shape index (κ1) is 24.9. The Morgan fingerprint density at radius 2 is 1.86 bits per heavy atom. The third kappa shape index (κ3) is 9.29. The molecule has 0 atom stereocenters. The van der Waals surface area contributed by atoms with Crippen LogP contribution in [-0.2, 0) is 13.1 Å². The Balaban J connectivity index is 0.00000420. The van der Waals surface area contributed by atoms with Crippen molar-refractivity contribution in [2.75, 3.05) is 26.8 Å². The fourth-order valence-electron chi connectivity index (χ4n) is 2.42. The van der Waals surface area contributed by atoms with Crippen LogP contribution in [0.4, 0.5) is 13.2 Å². The second-order valence-electron chi connectivity index (χ2n) is 5.93. The van der Waals surface area contributed by atoms with Gasteiger partial charge in [-0.3, -0.25) is 0 Å². The average Bonchev–Trinajstić information content (AvgIpc) is 3.17. The second-order valence-corrected chi connectivity index (χ2v) is 5.93. The molecule has 0 aliphatic heterocycles. The molecule has 1 aromatic heterocycles. The van der Waals surface area contributed by atoms with Crippen molar-refractivity contribution in [1.29, 1.82) is 0 Å². The van der Waals surface area contributed by atoms with Crippen molar-refractivity contribution in [3.63, 3.8) is 0 Å². The average molecular weight is 526 g/mol. The number of nitrogens with zero attached hydrogens (tertiary/aromatic N) is 2. The summed E-state index contributed by atoms with van der Waals surface area (Å²) in [4.78, 5) is 4.50. The molecular weight excluding hydrogens is 500 g/mol. The zero-order chi connectivity index (χ0) is 20.4. The Labute approximate surface area is 185 Å². The van der Waals surface area contributed by atoms with Gasteiger partial charge < -0.3 is 24.7 Å². The molecule has 6 nitrogen and oxygen atoms in total. The molecule has 0 aliphatic rings. The molecule has 1 aromatic carbocycles. The van der Waals surface area contributed by atoms with Crippen LogP contribution in [0.1, 0.15) is 12.5 Å². The maximum atomic E-state index is 12.3. The Morgan fingerprint density at radius 3 is 2.48 bits per heavy atom. The fraction of sp³-hybridized carbons (Fsp3) is 0.421. The molecule has 2 aromatic rings. The highest BCUT2D eigenvalue weighted by Gasteiger charge is 2.29. The van der Waals surface area contributed by atoms with Gasteiger partial charge in [-0.1, -0.05) is 6.07 Å². The first-order chi connectivity index (χ1) is 13.4. The number of aliphatic imine (C=N–C) groups is 1. The van der Waals surface area contributed by atoms with Crippen LogP contribution >= 0.6 is 24.0 Å². The van der Waals surface area contributed by atoms with Gasteiger partial charge in [0, 0.05) is 32.0 Å². The zero-order valence-electron chi connectivity index (χ0n) is 16.3. The second kappa shape index (κ2) is 12.5. The van der Waals surface area contributed by atoms with Crippen molar-refractivity contribution in [1.82, 2.24) is 15.2 Å². The van der Waals surface area contributed by atoms with Crippen LogP contribution in [0.5, 0.6) is 11.5 Å². The Kier molecular flexibility index (Phi) is 10.7. The Morgan fingerprint density at radius 1 is 1.14 bits per heavy atom. The van der Waals surface area contributed by atoms with E-state index in [0.29, 0.717) is 25.6 Å². The fourth-order valence-corrected chi connectivity index (χ4v) is 2.42. The van der Waals surface area contributed by atoms with Crippen LogP contribution in [0.3, 0.4) is 0 Å². The molecule has 0 spiro atoms. The van der Waals surface area contributed by atoms with Gasteiger partial charge in [-0.05, 0) is 36.8 Å². The van der Waals surface area contributed by atoms with Crippen molar-refractivity contribution in [3.8, 4) is 11.5 Å². The van der Waals surface area contributed by atoms with E-state index in [0.717, 1.165) is 12.1 Å². The lowest BCUT2D eigenvalue weighted by Crippen LogP contribution is -2.38. The van der Waals surface area contributed by atoms with E-state index in [1.807, 2.05) is 31.5 Å². The van der Waals surface area contributed by atoms with E-state index < -0.39 is 12.8 Å². The Bertz CT molecular complexity index is 752. The smallest absolute Gasteiger partial charge is 0.422 e. The molecule has 0 bridgehead atoms. The molecule has 0 fully saturated rings. The third-order valence-electron chi connectivity index (χ3n) is 3.71. The molecule has 0 amide bonds. The number of rotatable bonds is 9. The van der Waals surface area contributed by atoms with Crippen LogP contribution in [0.25, 0.3) is 0 Å². The number of hydrogen-bond acceptors (Lipinski definition) is 3. The van der Waals surface area contributed by atoms with Crippen LogP contribution in [-0.4, -0.2) is 43.5 Å². The summed E-state index contributed by atoms with van der Waals surface area (Å²) in [6.45, 7) is 3.16. The minimum absolute atomic E-state index is 0. The van der Waals surface area contributed by atoms with Gasteiger partial charge in [-0.15, -0.1) is 24.0 Å². The van der Waals surface area contributed by atoms with Gasteiger partial charge in [-0.2, -0.15) is 13.2 Å². The lowest BCUT2D eigenvalue weighted by molar-refractivity contribution is -0.153. The van der Waals surface area contributed by atoms with Crippen molar-refractivity contribution in [2.45, 2.75) is 26.2 Å². The minimum Gasteiger partial charge on any atom is -0.493 e. The number of guanidine groups is 1. The minimum atomic E-state index is -4.40. The SMILES string of the molecule is CCNC(=NCc1ccc(OCC(F)(F)F)c(OC)c1)NCCn1cccc1.I. The number of aromatic nitrogens is 1. The molecular formula is C19H26F3IN4O2. The molecule has 0 unspecified atom stereocenters. The summed E-state index contributed by atoms with van der Waals surface area (Å²) in [5.74, 6) is 0.942. The normalized spacial score (nSPS) is 11.6. The predicted molar refractivity (Wildman–Crippen MR) is 117 cm³/mol. The van der Waals surface area contributed by atoms with Gasteiger partial charge >= 0.3 is 6.18 Å². The van der Waals surface area contributed by atoms with E-state index >= 15 is 0 Å². The van der Waals surface area contributed by atoms with Gasteiger partial charge in [0.25, 0.3) is 0 Å². The molecule has 10 heteroatoms. The van der Waals surface area contributed by atoms with E-state index in [9.17, 15) is 13.2 Å². The monoisotopic (exact) mass is 526 g/mol. The molecule has 0 saturated carbocycles. The predicted octanol–water partition coefficient (Wildman–Crippen LogP) is 3.81. The summed E-state index contributed by atoms with van der Waals surface area (Å²) >= 11 is 0. The van der Waals surface area contributed by atoms with E-state index in [1.54, 1.807) is 12.1 Å². The first-order valence-electron chi connectivity index (χ1n) is 8.90. The lowest BCUT2D eigenvalue weighted by atomic mass is 10.2. The number of ether oxygens (including phenoxy) is 2. The third-order valence-corrected chi connectivity index (χ3v) is 3.71. The number of alkyl halides is 3. The highest BCUT2D eigenvalue weighted by molar-refractivity contribution is 14.0. The summed E-state index contributed by atoms with van der Waals surface area (Å²) in [5, 5.41) is 6.40. The maximum Gasteiger partial charge on any atom is 0.422 e. The van der Waals surface area contributed by atoms with E-state index in [2.05, 4.69) is 20.2 Å². The van der Waals surface area contributed by atoms with Crippen LogP contribution in [0.15, 0.2) is 47.7 Å². The van der Waals surface area contributed by atoms with Gasteiger partial charge in [0.15, 0.2) is 24.1 Å². The molecule has 0 aliphatic carbocycles. The summed E-state index contributed by atoms with van der Waals surface area (Å²) in [6, 6.07) is 8.69. The van der Waals surface area contributed by atoms with Gasteiger partial charge in [0.05, 0.1) is 13.7 Å². The number of methoxy groups -OCH3 is 1. The van der Waals surface area contributed by atoms with Gasteiger partial charge in [0.1, 0.15) is 0 Å². The van der Waals surface area contributed by atoms with E-state index in [1.165, 1.54) is 13.2 Å². The van der Waals surface area contributed by atoms with Gasteiger partial charge in [-0.25, -0.2) is 4.99 Å². The lowest BCUT2D eigenvalue weighted by Gasteiger charge is -2.14. The van der Waals surface area contributed by atoms with E-state index in [-0.39, 0.29) is 35.5 Å². The Hall–Kier alpha value is -2.11. The maximum absolute atomic E-state index is 12.3. The van der Waals surface area contributed by atoms with Crippen LogP contribution in [0, 0.1) is 0 Å². The van der Waals surface area contributed by atoms with E-state index in [4.69, 9.17) is 9.47 Å². The molecule has 2 N–H and O–H groups in total. The molecule has 0 radical (unpaired) electrons. The first-order valence-corrected chi connectivity index (χ1v) is 8.90. The number of nitrogens with one attached hydrogen (secondary N) is 2. The number of halogens is 4. The van der Waals surface area contributed by atoms with Crippen molar-refractivity contribution >= 4 is 29.9 Å². The summed E-state index contributed by atoms with van der Waals surface area (Å²) in [5.41, 5.74) is 0.791. The molecule has 162 valence electrons. The van der Waals surface area contributed by atoms with Crippen molar-refractivity contribution in [3.05, 3.63) is 48.3 Å². The summed E-state index contributed by atoms with van der Waals surface area (Å²) in [6.07, 6.45) is -0.429. The molecule has 2 rings (SSSR count). The highest BCUT2D eigenvalue weighted by Crippen LogP contribution is 2.30. The molecule has 0 saturated heterocycles. The molecule has 1 heterocycles. The number of benzene rings is 1. The summed E-state index contributed by atoms with van der Waals surface area (Å²) in [7, 11) is 1.38. The topological polar surface area (TPSA) is 59.8 Å². The largest absolute Gasteiger partial charge is 0.493 e. The molecule has 29 heavy (non-hydrogen) atoms. The zero-order valence-corrected chi connectivity index (χ0v) is 18.7. The standard InChI is InChI=1S/C19H25F3N4O2.HI/c1-3-23-18(24-8-11-26-9-4-5-10-26)25-13-15-6-7-16(17(12-15)27-2)28-14-19(20,21)22;/h4-7,9-10,12H,3,8,11,13-14H2,1-2H3,(H2,23,24,25);1H. The quantitative estimate of drug-likeness (QED) is 0.297. The van der Waals surface area contributed by atoms with Crippen molar-refractivity contribution < 1.29 is 22.6 Å². The van der Waals surface area contributed by atoms with Gasteiger partial charge in [0.2, 0.25) is 0 Å². The summed E-state index contributed by atoms with van der Waals surface area (Å²) < 4.78 is 49.0. The van der Waals surface area contributed by atoms with Crippen LogP contribution in [0.2, 0.25) is 0 Å². The number of hydrogen-bond donors (Lipinski definition) is 2.